The van der Waals surface area contributed by atoms with Gasteiger partial charge in [-0.1, -0.05) is 0 Å². The van der Waals surface area contributed by atoms with Gasteiger partial charge in [0.2, 0.25) is 17.5 Å². The summed E-state index contributed by atoms with van der Waals surface area (Å²) >= 11 is 6.44. The van der Waals surface area contributed by atoms with Crippen LogP contribution < -0.4 is 4.74 Å². The molecule has 1 aliphatic heterocycles. The van der Waals surface area contributed by atoms with Crippen LogP contribution >= 0.6 is 23.6 Å². The summed E-state index contributed by atoms with van der Waals surface area (Å²) in [6, 6.07) is 8.95. The third-order valence-corrected chi connectivity index (χ3v) is 4.89. The summed E-state index contributed by atoms with van der Waals surface area (Å²) in [5.74, 6) is 1.02. The Morgan fingerprint density at radius 2 is 2.19 bits per heavy atom. The fraction of sp³-hybridized carbons (Fsp3) is 0.176. The number of aromatic hydroxyl groups is 1. The number of rotatable bonds is 4. The van der Waals surface area contributed by atoms with E-state index >= 15 is 0 Å². The van der Waals surface area contributed by atoms with Crippen molar-refractivity contribution in [3.05, 3.63) is 39.0 Å². The summed E-state index contributed by atoms with van der Waals surface area (Å²) in [7, 11) is 1.58. The monoisotopic (exact) mass is 386 g/mol. The number of hydrogen-bond acceptors (Lipinski definition) is 8. The van der Waals surface area contributed by atoms with E-state index in [0.29, 0.717) is 26.8 Å². The molecule has 0 fully saturated rings. The first-order valence-corrected chi connectivity index (χ1v) is 8.82. The largest absolute Gasteiger partial charge is 0.497 e. The van der Waals surface area contributed by atoms with Gasteiger partial charge in [0.05, 0.1) is 17.7 Å². The Balaban J connectivity index is 1.91. The highest BCUT2D eigenvalue weighted by Gasteiger charge is 2.22. The molecule has 2 aromatic rings. The molecule has 9 heteroatoms. The maximum atomic E-state index is 10.2. The lowest BCUT2D eigenvalue weighted by Crippen LogP contribution is -2.07. The number of thiazole rings is 1. The van der Waals surface area contributed by atoms with Crippen LogP contribution in [-0.4, -0.2) is 28.4 Å². The SMILES string of the molecule is CCn1c(O)c(/C=C2\N=C(C#N)C(=Nc3ccc(OC)cc3)O2)sc1=S. The van der Waals surface area contributed by atoms with Gasteiger partial charge in [-0.15, -0.1) is 11.3 Å². The normalized spacial score (nSPS) is 16.4. The van der Waals surface area contributed by atoms with E-state index in [0.717, 1.165) is 0 Å². The molecular formula is C17H14N4O3S2. The fourth-order valence-corrected chi connectivity index (χ4v) is 3.57. The highest BCUT2D eigenvalue weighted by atomic mass is 32.1. The molecule has 1 aromatic carbocycles. The number of aromatic nitrogens is 1. The van der Waals surface area contributed by atoms with Crippen LogP contribution in [0.25, 0.3) is 6.08 Å². The Kier molecular flexibility index (Phi) is 5.16. The van der Waals surface area contributed by atoms with E-state index in [2.05, 4.69) is 9.98 Å². The van der Waals surface area contributed by atoms with Crippen molar-refractivity contribution in [2.24, 2.45) is 9.98 Å². The molecule has 1 aliphatic rings. The standard InChI is InChI=1S/C17H14N4O3S2/c1-3-21-16(22)13(26-17(21)25)8-14-20-12(9-18)15(24-14)19-10-4-6-11(23-2)7-5-10/h4-8,22H,3H2,1-2H3/b14-8+,19-15?. The van der Waals surface area contributed by atoms with Crippen LogP contribution in [0.5, 0.6) is 11.6 Å². The Morgan fingerprint density at radius 3 is 2.77 bits per heavy atom. The molecule has 0 spiro atoms. The molecule has 1 N–H and O–H groups in total. The highest BCUT2D eigenvalue weighted by molar-refractivity contribution is 7.73. The lowest BCUT2D eigenvalue weighted by molar-refractivity contribution is 0.415. The lowest BCUT2D eigenvalue weighted by atomic mass is 10.3. The van der Waals surface area contributed by atoms with Gasteiger partial charge in [-0.05, 0) is 43.4 Å². The van der Waals surface area contributed by atoms with Crippen LogP contribution in [0.4, 0.5) is 5.69 Å². The minimum absolute atomic E-state index is 0.0489. The first kappa shape index (κ1) is 17.8. The number of aliphatic imine (C=N–C) groups is 2. The number of methoxy groups -OCH3 is 1. The zero-order chi connectivity index (χ0) is 18.7. The van der Waals surface area contributed by atoms with Crippen molar-refractivity contribution in [3.8, 4) is 17.7 Å². The first-order valence-electron chi connectivity index (χ1n) is 7.59. The number of nitriles is 1. The maximum Gasteiger partial charge on any atom is 0.258 e. The summed E-state index contributed by atoms with van der Waals surface area (Å²) in [5.41, 5.74) is 0.658. The summed E-state index contributed by atoms with van der Waals surface area (Å²) in [6.07, 6.45) is 1.54. The highest BCUT2D eigenvalue weighted by Crippen LogP contribution is 2.30. The second-order valence-electron chi connectivity index (χ2n) is 5.07. The van der Waals surface area contributed by atoms with Gasteiger partial charge in [-0.3, -0.25) is 4.57 Å². The second-order valence-corrected chi connectivity index (χ2v) is 6.75. The average molecular weight is 386 g/mol. The predicted molar refractivity (Wildman–Crippen MR) is 103 cm³/mol. The molecule has 7 nitrogen and oxygen atoms in total. The van der Waals surface area contributed by atoms with E-state index in [1.54, 1.807) is 35.9 Å². The number of nitrogens with zero attached hydrogens (tertiary/aromatic N) is 4. The third-order valence-electron chi connectivity index (χ3n) is 3.50. The van der Waals surface area contributed by atoms with Gasteiger partial charge < -0.3 is 14.6 Å². The van der Waals surface area contributed by atoms with Crippen LogP contribution in [-0.2, 0) is 11.3 Å². The molecule has 26 heavy (non-hydrogen) atoms. The van der Waals surface area contributed by atoms with Crippen LogP contribution in [0.1, 0.15) is 11.8 Å². The zero-order valence-electron chi connectivity index (χ0n) is 14.0. The predicted octanol–water partition coefficient (Wildman–Crippen LogP) is 4.04. The van der Waals surface area contributed by atoms with Crippen molar-refractivity contribution in [2.75, 3.05) is 7.11 Å². The second kappa shape index (κ2) is 7.51. The van der Waals surface area contributed by atoms with Gasteiger partial charge in [0.15, 0.2) is 3.95 Å². The van der Waals surface area contributed by atoms with Gasteiger partial charge in [0, 0.05) is 12.6 Å². The first-order chi connectivity index (χ1) is 12.5. The average Bonchev–Trinajstić information content (AvgIpc) is 3.15. The van der Waals surface area contributed by atoms with E-state index in [9.17, 15) is 10.4 Å². The Hall–Kier alpha value is -2.96. The Labute approximate surface area is 158 Å². The third kappa shape index (κ3) is 3.51. The molecule has 0 atom stereocenters. The minimum Gasteiger partial charge on any atom is -0.497 e. The maximum absolute atomic E-state index is 10.2. The van der Waals surface area contributed by atoms with Crippen molar-refractivity contribution in [3.63, 3.8) is 0 Å². The summed E-state index contributed by atoms with van der Waals surface area (Å²) in [6.45, 7) is 2.44. The molecule has 0 aliphatic carbocycles. The van der Waals surface area contributed by atoms with Crippen LogP contribution in [0.3, 0.4) is 0 Å². The molecule has 0 saturated heterocycles. The van der Waals surface area contributed by atoms with Gasteiger partial charge in [0.1, 0.15) is 11.8 Å². The summed E-state index contributed by atoms with van der Waals surface area (Å²) in [4.78, 5) is 8.92. The van der Waals surface area contributed by atoms with E-state index in [1.807, 2.05) is 13.0 Å². The minimum atomic E-state index is 0.0489. The number of ether oxygens (including phenoxy) is 2. The Bertz CT molecular complexity index is 1020. The molecule has 2 heterocycles. The summed E-state index contributed by atoms with van der Waals surface area (Å²) in [5, 5.41) is 19.5. The molecule has 1 aromatic heterocycles. The van der Waals surface area contributed by atoms with Crippen LogP contribution in [0, 0.1) is 15.3 Å². The van der Waals surface area contributed by atoms with Crippen molar-refractivity contribution in [2.45, 2.75) is 13.5 Å². The van der Waals surface area contributed by atoms with Gasteiger partial charge >= 0.3 is 0 Å². The number of benzene rings is 1. The molecule has 0 bridgehead atoms. The molecule has 0 amide bonds. The molecule has 0 unspecified atom stereocenters. The van der Waals surface area contributed by atoms with Crippen molar-refractivity contribution in [1.82, 2.24) is 4.57 Å². The molecule has 0 radical (unpaired) electrons. The quantitative estimate of drug-likeness (QED) is 0.801. The smallest absolute Gasteiger partial charge is 0.258 e. The zero-order valence-corrected chi connectivity index (χ0v) is 15.6. The van der Waals surface area contributed by atoms with Gasteiger partial charge in [-0.25, -0.2) is 4.99 Å². The molecular weight excluding hydrogens is 372 g/mol. The summed E-state index contributed by atoms with van der Waals surface area (Å²) < 4.78 is 12.8. The van der Waals surface area contributed by atoms with Crippen LogP contribution in [0.2, 0.25) is 0 Å². The molecule has 3 rings (SSSR count). The lowest BCUT2D eigenvalue weighted by Gasteiger charge is -2.01. The fourth-order valence-electron chi connectivity index (χ4n) is 2.21. The van der Waals surface area contributed by atoms with Crippen LogP contribution in [0.15, 0.2) is 40.1 Å². The van der Waals surface area contributed by atoms with Crippen molar-refractivity contribution < 1.29 is 14.6 Å². The molecule has 132 valence electrons. The van der Waals surface area contributed by atoms with E-state index in [1.165, 1.54) is 17.4 Å². The Morgan fingerprint density at radius 1 is 1.46 bits per heavy atom. The number of hydrogen-bond donors (Lipinski definition) is 1. The van der Waals surface area contributed by atoms with E-state index in [4.69, 9.17) is 21.7 Å². The van der Waals surface area contributed by atoms with Gasteiger partial charge in [-0.2, -0.15) is 10.3 Å². The molecule has 0 saturated carbocycles. The van der Waals surface area contributed by atoms with Crippen molar-refractivity contribution in [1.29, 1.82) is 5.26 Å². The van der Waals surface area contributed by atoms with E-state index in [-0.39, 0.29) is 23.4 Å². The van der Waals surface area contributed by atoms with Crippen molar-refractivity contribution >= 4 is 46.9 Å². The topological polar surface area (TPSA) is 92.1 Å². The van der Waals surface area contributed by atoms with Gasteiger partial charge in [0.25, 0.3) is 5.90 Å². The van der Waals surface area contributed by atoms with E-state index < -0.39 is 0 Å².